The molecule has 0 saturated heterocycles. The molecule has 7 nitrogen and oxygen atoms in total. The summed E-state index contributed by atoms with van der Waals surface area (Å²) in [5.74, 6) is 0.530. The number of nitrogens with one attached hydrogen (secondary N) is 1. The van der Waals surface area contributed by atoms with E-state index in [4.69, 9.17) is 4.74 Å². The number of carbonyl (C=O) groups is 1. The Morgan fingerprint density at radius 1 is 1.19 bits per heavy atom. The van der Waals surface area contributed by atoms with Crippen LogP contribution in [0.2, 0.25) is 0 Å². The second-order valence-corrected chi connectivity index (χ2v) is 8.32. The summed E-state index contributed by atoms with van der Waals surface area (Å²) in [6.45, 7) is 8.48. The number of fused-ring (bicyclic) bond motifs is 1. The van der Waals surface area contributed by atoms with Gasteiger partial charge in [-0.1, -0.05) is 0 Å². The van der Waals surface area contributed by atoms with Gasteiger partial charge >= 0.3 is 0 Å². The fourth-order valence-electron chi connectivity index (χ4n) is 3.80. The summed E-state index contributed by atoms with van der Waals surface area (Å²) in [6.07, 6.45) is 3.48. The van der Waals surface area contributed by atoms with Crippen LogP contribution in [0.5, 0.6) is 5.75 Å². The second-order valence-electron chi connectivity index (χ2n) is 7.41. The summed E-state index contributed by atoms with van der Waals surface area (Å²) in [5.41, 5.74) is 8.50. The first-order valence-corrected chi connectivity index (χ1v) is 11.1. The van der Waals surface area contributed by atoms with Crippen LogP contribution in [0.25, 0.3) is 11.3 Å². The van der Waals surface area contributed by atoms with Gasteiger partial charge in [-0.2, -0.15) is 5.10 Å². The molecule has 0 unspecified atom stereocenters. The van der Waals surface area contributed by atoms with Crippen LogP contribution >= 0.6 is 15.9 Å². The molecular weight excluding hydrogens is 470 g/mol. The Morgan fingerprint density at radius 2 is 1.94 bits per heavy atom. The summed E-state index contributed by atoms with van der Waals surface area (Å²) in [4.78, 5) is 17.2. The first-order chi connectivity index (χ1) is 15.4. The maximum atomic E-state index is 12.8. The molecule has 8 heteroatoms. The molecule has 0 bridgehead atoms. The maximum Gasteiger partial charge on any atom is 0.290 e. The molecule has 0 aliphatic carbocycles. The number of hydrogen-bond donors (Lipinski definition) is 1. The third kappa shape index (κ3) is 4.18. The van der Waals surface area contributed by atoms with Crippen LogP contribution in [0.1, 0.15) is 40.1 Å². The minimum absolute atomic E-state index is 0.315. The lowest BCUT2D eigenvalue weighted by Gasteiger charge is -2.10. The summed E-state index contributed by atoms with van der Waals surface area (Å²) in [6, 6.07) is 13.8. The van der Waals surface area contributed by atoms with Crippen molar-refractivity contribution in [3.05, 3.63) is 81.5 Å². The molecular formula is C24H24BrN5O2. The van der Waals surface area contributed by atoms with E-state index in [1.54, 1.807) is 10.6 Å². The van der Waals surface area contributed by atoms with Crippen LogP contribution in [0.4, 0.5) is 0 Å². The number of benzene rings is 1. The lowest BCUT2D eigenvalue weighted by Crippen LogP contribution is -2.20. The summed E-state index contributed by atoms with van der Waals surface area (Å²) < 4.78 is 10.3. The molecule has 32 heavy (non-hydrogen) atoms. The predicted octanol–water partition coefficient (Wildman–Crippen LogP) is 4.98. The van der Waals surface area contributed by atoms with E-state index in [0.717, 1.165) is 32.9 Å². The Balaban J connectivity index is 1.55. The lowest BCUT2D eigenvalue weighted by atomic mass is 10.2. The predicted molar refractivity (Wildman–Crippen MR) is 129 cm³/mol. The van der Waals surface area contributed by atoms with E-state index in [0.29, 0.717) is 23.6 Å². The molecule has 1 aromatic carbocycles. The molecule has 4 aromatic rings. The molecule has 3 heterocycles. The van der Waals surface area contributed by atoms with Crippen LogP contribution in [0.15, 0.2) is 58.2 Å². The Morgan fingerprint density at radius 3 is 2.66 bits per heavy atom. The van der Waals surface area contributed by atoms with Gasteiger partial charge in [0.2, 0.25) is 0 Å². The molecule has 0 spiro atoms. The lowest BCUT2D eigenvalue weighted by molar-refractivity contribution is 0.0948. The maximum absolute atomic E-state index is 12.8. The standard InChI is InChI=1S/C24H24BrN5O2/c1-5-32-21-9-7-20(8-10-21)30-15(2)12-18(17(30)4)13-26-28-24(31)23-16(3)27-22-11-6-19(25)14-29(22)23/h6-14H,5H2,1-4H3,(H,28,31)/b26-13-. The van der Waals surface area contributed by atoms with Crippen LogP contribution in [-0.4, -0.2) is 32.7 Å². The highest BCUT2D eigenvalue weighted by Gasteiger charge is 2.16. The number of pyridine rings is 1. The first kappa shape index (κ1) is 21.8. The van der Waals surface area contributed by atoms with Gasteiger partial charge in [-0.05, 0) is 86.1 Å². The summed E-state index contributed by atoms with van der Waals surface area (Å²) >= 11 is 3.44. The van der Waals surface area contributed by atoms with Gasteiger partial charge in [0.1, 0.15) is 17.1 Å². The zero-order valence-corrected chi connectivity index (χ0v) is 20.0. The fourth-order valence-corrected chi connectivity index (χ4v) is 4.13. The van der Waals surface area contributed by atoms with E-state index in [1.165, 1.54) is 0 Å². The molecule has 0 saturated carbocycles. The number of hydrogen-bond acceptors (Lipinski definition) is 4. The summed E-state index contributed by atoms with van der Waals surface area (Å²) in [5, 5.41) is 4.20. The third-order valence-electron chi connectivity index (χ3n) is 5.22. The quantitative estimate of drug-likeness (QED) is 0.304. The van der Waals surface area contributed by atoms with Crippen LogP contribution in [0, 0.1) is 20.8 Å². The molecule has 0 aliphatic rings. The van der Waals surface area contributed by atoms with Gasteiger partial charge in [0.25, 0.3) is 5.91 Å². The van der Waals surface area contributed by atoms with Crippen molar-refractivity contribution >= 4 is 33.7 Å². The zero-order chi connectivity index (χ0) is 22.8. The number of imidazole rings is 1. The number of hydrazone groups is 1. The number of amides is 1. The third-order valence-corrected chi connectivity index (χ3v) is 5.69. The van der Waals surface area contributed by atoms with Gasteiger partial charge in [0.15, 0.2) is 0 Å². The van der Waals surface area contributed by atoms with Crippen molar-refractivity contribution in [2.24, 2.45) is 5.10 Å². The van der Waals surface area contributed by atoms with Crippen LogP contribution in [-0.2, 0) is 0 Å². The SMILES string of the molecule is CCOc1ccc(-n2c(C)cc(/C=N\NC(=O)c3c(C)nc4ccc(Br)cn34)c2C)cc1. The van der Waals surface area contributed by atoms with Crippen molar-refractivity contribution < 1.29 is 9.53 Å². The molecule has 1 N–H and O–H groups in total. The van der Waals surface area contributed by atoms with E-state index in [1.807, 2.05) is 76.4 Å². The minimum atomic E-state index is -0.315. The van der Waals surface area contributed by atoms with Crippen molar-refractivity contribution in [2.45, 2.75) is 27.7 Å². The first-order valence-electron chi connectivity index (χ1n) is 10.3. The topological polar surface area (TPSA) is 72.9 Å². The van der Waals surface area contributed by atoms with Gasteiger partial charge in [0.05, 0.1) is 18.5 Å². The van der Waals surface area contributed by atoms with Crippen molar-refractivity contribution in [1.82, 2.24) is 19.4 Å². The minimum Gasteiger partial charge on any atom is -0.494 e. The summed E-state index contributed by atoms with van der Waals surface area (Å²) in [7, 11) is 0. The van der Waals surface area contributed by atoms with Gasteiger partial charge in [-0.3, -0.25) is 9.20 Å². The smallest absolute Gasteiger partial charge is 0.290 e. The number of nitrogens with zero attached hydrogens (tertiary/aromatic N) is 4. The average Bonchev–Trinajstić information content (AvgIpc) is 3.23. The number of halogens is 1. The van der Waals surface area contributed by atoms with Crippen molar-refractivity contribution in [1.29, 1.82) is 0 Å². The average molecular weight is 494 g/mol. The Kier molecular flexibility index (Phi) is 6.14. The van der Waals surface area contributed by atoms with Gasteiger partial charge in [-0.25, -0.2) is 10.4 Å². The van der Waals surface area contributed by atoms with E-state index >= 15 is 0 Å². The van der Waals surface area contributed by atoms with E-state index in [2.05, 4.69) is 36.0 Å². The van der Waals surface area contributed by atoms with Crippen LogP contribution in [0.3, 0.4) is 0 Å². The highest BCUT2D eigenvalue weighted by atomic mass is 79.9. The van der Waals surface area contributed by atoms with E-state index < -0.39 is 0 Å². The molecule has 4 rings (SSSR count). The zero-order valence-electron chi connectivity index (χ0n) is 18.4. The monoisotopic (exact) mass is 493 g/mol. The fraction of sp³-hybridized carbons (Fsp3) is 0.208. The van der Waals surface area contributed by atoms with Crippen molar-refractivity contribution in [2.75, 3.05) is 6.61 Å². The molecule has 164 valence electrons. The Hall–Kier alpha value is -3.39. The van der Waals surface area contributed by atoms with Gasteiger partial charge in [-0.15, -0.1) is 0 Å². The molecule has 1 amide bonds. The van der Waals surface area contributed by atoms with Crippen molar-refractivity contribution in [3.63, 3.8) is 0 Å². The number of rotatable bonds is 6. The van der Waals surface area contributed by atoms with Gasteiger partial charge in [0, 0.05) is 33.3 Å². The Labute approximate surface area is 194 Å². The number of aryl methyl sites for hydroxylation is 2. The van der Waals surface area contributed by atoms with Crippen LogP contribution < -0.4 is 10.2 Å². The Bertz CT molecular complexity index is 1320. The van der Waals surface area contributed by atoms with Crippen molar-refractivity contribution in [3.8, 4) is 11.4 Å². The largest absolute Gasteiger partial charge is 0.494 e. The van der Waals surface area contributed by atoms with E-state index in [-0.39, 0.29) is 5.91 Å². The number of ether oxygens (including phenoxy) is 1. The van der Waals surface area contributed by atoms with E-state index in [9.17, 15) is 4.79 Å². The second kappa shape index (κ2) is 9.00. The molecule has 0 aliphatic heterocycles. The molecule has 0 fully saturated rings. The highest BCUT2D eigenvalue weighted by molar-refractivity contribution is 9.10. The highest BCUT2D eigenvalue weighted by Crippen LogP contribution is 2.22. The molecule has 0 radical (unpaired) electrons. The molecule has 3 aromatic heterocycles. The normalized spacial score (nSPS) is 11.4. The number of aromatic nitrogens is 3. The number of carbonyl (C=O) groups excluding carboxylic acids is 1. The van der Waals surface area contributed by atoms with Gasteiger partial charge < -0.3 is 9.30 Å². The molecule has 0 atom stereocenters.